The number of benzene rings is 1. The Kier molecular flexibility index (Phi) is 5.87. The molecule has 1 aromatic heterocycles. The van der Waals surface area contributed by atoms with E-state index in [0.717, 1.165) is 11.1 Å². The van der Waals surface area contributed by atoms with Gasteiger partial charge in [-0.3, -0.25) is 4.79 Å². The van der Waals surface area contributed by atoms with E-state index in [0.29, 0.717) is 42.4 Å². The monoisotopic (exact) mass is 419 g/mol. The number of rotatable bonds is 4. The highest BCUT2D eigenvalue weighted by Crippen LogP contribution is 2.28. The molecule has 1 aromatic carbocycles. The van der Waals surface area contributed by atoms with Gasteiger partial charge in [0.1, 0.15) is 5.76 Å². The van der Waals surface area contributed by atoms with Crippen molar-refractivity contribution < 1.29 is 17.7 Å². The molecule has 7 nitrogen and oxygen atoms in total. The maximum absolute atomic E-state index is 13.0. The van der Waals surface area contributed by atoms with Crippen LogP contribution in [-0.4, -0.2) is 36.9 Å². The molecule has 1 aliphatic rings. The van der Waals surface area contributed by atoms with Gasteiger partial charge in [0.05, 0.1) is 4.90 Å². The molecular weight excluding hydrogens is 390 g/mol. The molecule has 0 saturated carbocycles. The van der Waals surface area contributed by atoms with Crippen LogP contribution < -0.4 is 5.32 Å². The fourth-order valence-electron chi connectivity index (χ4n) is 3.50. The first-order valence-electron chi connectivity index (χ1n) is 9.84. The molecule has 1 fully saturated rings. The van der Waals surface area contributed by atoms with Crippen molar-refractivity contribution in [2.45, 2.75) is 57.8 Å². The highest BCUT2D eigenvalue weighted by atomic mass is 32.2. The zero-order valence-electron chi connectivity index (χ0n) is 17.7. The van der Waals surface area contributed by atoms with E-state index in [4.69, 9.17) is 4.52 Å². The largest absolute Gasteiger partial charge is 0.359 e. The third-order valence-corrected chi connectivity index (χ3v) is 7.33. The summed E-state index contributed by atoms with van der Waals surface area (Å²) < 4.78 is 32.7. The van der Waals surface area contributed by atoms with E-state index in [-0.39, 0.29) is 17.2 Å². The number of sulfonamides is 1. The number of anilines is 1. The number of carbonyl (C=O) groups is 1. The Morgan fingerprint density at radius 3 is 2.38 bits per heavy atom. The van der Waals surface area contributed by atoms with Gasteiger partial charge < -0.3 is 9.84 Å². The molecule has 1 aliphatic heterocycles. The molecule has 2 heterocycles. The molecule has 1 amide bonds. The molecule has 0 radical (unpaired) electrons. The van der Waals surface area contributed by atoms with Crippen LogP contribution in [0.5, 0.6) is 0 Å². The maximum atomic E-state index is 13.0. The molecule has 0 spiro atoms. The van der Waals surface area contributed by atoms with Gasteiger partial charge in [0, 0.05) is 30.5 Å². The Morgan fingerprint density at radius 1 is 1.17 bits per heavy atom. The van der Waals surface area contributed by atoms with Gasteiger partial charge >= 0.3 is 0 Å². The standard InChI is InChI=1S/C21H29N3O4S/c1-14-6-7-17(15(2)12-14)29(26,27)24-10-8-16(9-11-24)20(25)22-19-13-18(28-23-19)21(3,4)5/h6-7,12-13,16H,8-11H2,1-5H3,(H,22,23,25). The minimum Gasteiger partial charge on any atom is -0.359 e. The van der Waals surface area contributed by atoms with E-state index in [1.165, 1.54) is 4.31 Å². The van der Waals surface area contributed by atoms with Crippen LogP contribution in [-0.2, 0) is 20.2 Å². The van der Waals surface area contributed by atoms with E-state index >= 15 is 0 Å². The van der Waals surface area contributed by atoms with E-state index in [1.807, 2.05) is 46.8 Å². The second kappa shape index (κ2) is 7.91. The molecule has 1 saturated heterocycles. The van der Waals surface area contributed by atoms with Gasteiger partial charge in [0.15, 0.2) is 5.82 Å². The van der Waals surface area contributed by atoms with Crippen molar-refractivity contribution in [3.8, 4) is 0 Å². The van der Waals surface area contributed by atoms with Crippen molar-refractivity contribution in [1.29, 1.82) is 0 Å². The Labute approximate surface area is 172 Å². The Balaban J connectivity index is 1.62. The zero-order chi connectivity index (χ0) is 21.4. The summed E-state index contributed by atoms with van der Waals surface area (Å²) >= 11 is 0. The van der Waals surface area contributed by atoms with Crippen molar-refractivity contribution in [3.05, 3.63) is 41.2 Å². The molecule has 1 N–H and O–H groups in total. The minimum absolute atomic E-state index is 0.151. The van der Waals surface area contributed by atoms with E-state index < -0.39 is 10.0 Å². The average molecular weight is 420 g/mol. The number of piperidine rings is 1. The van der Waals surface area contributed by atoms with Gasteiger partial charge in [0.2, 0.25) is 15.9 Å². The van der Waals surface area contributed by atoms with E-state index in [9.17, 15) is 13.2 Å². The lowest BCUT2D eigenvalue weighted by Crippen LogP contribution is -2.41. The van der Waals surface area contributed by atoms with Gasteiger partial charge in [-0.25, -0.2) is 8.42 Å². The van der Waals surface area contributed by atoms with Crippen LogP contribution >= 0.6 is 0 Å². The van der Waals surface area contributed by atoms with Crippen molar-refractivity contribution in [3.63, 3.8) is 0 Å². The lowest BCUT2D eigenvalue weighted by Gasteiger charge is -2.30. The molecule has 0 atom stereocenters. The summed E-state index contributed by atoms with van der Waals surface area (Å²) in [5.41, 5.74) is 1.58. The lowest BCUT2D eigenvalue weighted by atomic mass is 9.93. The highest BCUT2D eigenvalue weighted by Gasteiger charge is 2.33. The van der Waals surface area contributed by atoms with Crippen molar-refractivity contribution in [2.75, 3.05) is 18.4 Å². The summed E-state index contributed by atoms with van der Waals surface area (Å²) in [7, 11) is -3.56. The van der Waals surface area contributed by atoms with Crippen LogP contribution in [0.1, 0.15) is 50.5 Å². The van der Waals surface area contributed by atoms with Crippen molar-refractivity contribution in [2.24, 2.45) is 5.92 Å². The van der Waals surface area contributed by atoms with Gasteiger partial charge in [-0.15, -0.1) is 0 Å². The molecule has 0 bridgehead atoms. The van der Waals surface area contributed by atoms with Crippen LogP contribution in [0.2, 0.25) is 0 Å². The average Bonchev–Trinajstić information content (AvgIpc) is 3.10. The molecule has 29 heavy (non-hydrogen) atoms. The molecular formula is C21H29N3O4S. The smallest absolute Gasteiger partial charge is 0.243 e. The summed E-state index contributed by atoms with van der Waals surface area (Å²) in [6, 6.07) is 7.08. The topological polar surface area (TPSA) is 92.5 Å². The number of hydrogen-bond donors (Lipinski definition) is 1. The quantitative estimate of drug-likeness (QED) is 0.817. The third-order valence-electron chi connectivity index (χ3n) is 5.27. The number of aryl methyl sites for hydroxylation is 2. The Morgan fingerprint density at radius 2 is 1.83 bits per heavy atom. The minimum atomic E-state index is -3.56. The number of carbonyl (C=O) groups excluding carboxylic acids is 1. The van der Waals surface area contributed by atoms with E-state index in [2.05, 4.69) is 10.5 Å². The van der Waals surface area contributed by atoms with Gasteiger partial charge in [-0.1, -0.05) is 43.6 Å². The number of hydrogen-bond acceptors (Lipinski definition) is 5. The Hall–Kier alpha value is -2.19. The van der Waals surface area contributed by atoms with Crippen molar-refractivity contribution >= 4 is 21.7 Å². The van der Waals surface area contributed by atoms with Gasteiger partial charge in [-0.05, 0) is 38.3 Å². The number of aromatic nitrogens is 1. The van der Waals surface area contributed by atoms with Gasteiger partial charge in [0.25, 0.3) is 0 Å². The third kappa shape index (κ3) is 4.70. The van der Waals surface area contributed by atoms with Crippen molar-refractivity contribution in [1.82, 2.24) is 9.46 Å². The SMILES string of the molecule is Cc1ccc(S(=O)(=O)N2CCC(C(=O)Nc3cc(C(C)(C)C)on3)CC2)c(C)c1. The second-order valence-corrected chi connectivity index (χ2v) is 10.7. The highest BCUT2D eigenvalue weighted by molar-refractivity contribution is 7.89. The summed E-state index contributed by atoms with van der Waals surface area (Å²) in [6.45, 7) is 10.4. The van der Waals surface area contributed by atoms with Crippen LogP contribution in [0.4, 0.5) is 5.82 Å². The zero-order valence-corrected chi connectivity index (χ0v) is 18.5. The summed E-state index contributed by atoms with van der Waals surface area (Å²) in [5.74, 6) is 0.685. The summed E-state index contributed by atoms with van der Waals surface area (Å²) in [6.07, 6.45) is 0.944. The first-order chi connectivity index (χ1) is 13.5. The fraction of sp³-hybridized carbons (Fsp3) is 0.524. The van der Waals surface area contributed by atoms with Crippen LogP contribution in [0, 0.1) is 19.8 Å². The molecule has 158 valence electrons. The van der Waals surface area contributed by atoms with Crippen LogP contribution in [0.15, 0.2) is 33.7 Å². The fourth-order valence-corrected chi connectivity index (χ4v) is 5.18. The summed E-state index contributed by atoms with van der Waals surface area (Å²) in [4.78, 5) is 12.9. The molecule has 2 aromatic rings. The molecule has 0 aliphatic carbocycles. The molecule has 8 heteroatoms. The molecule has 3 rings (SSSR count). The number of nitrogens with zero attached hydrogens (tertiary/aromatic N) is 2. The molecule has 0 unspecified atom stereocenters. The first-order valence-corrected chi connectivity index (χ1v) is 11.3. The maximum Gasteiger partial charge on any atom is 0.243 e. The number of amides is 1. The van der Waals surface area contributed by atoms with Crippen LogP contribution in [0.3, 0.4) is 0 Å². The first kappa shape index (κ1) is 21.5. The normalized spacial score (nSPS) is 16.7. The van der Waals surface area contributed by atoms with Gasteiger partial charge in [-0.2, -0.15) is 4.31 Å². The summed E-state index contributed by atoms with van der Waals surface area (Å²) in [5, 5.41) is 6.71. The number of nitrogens with one attached hydrogen (secondary N) is 1. The van der Waals surface area contributed by atoms with E-state index in [1.54, 1.807) is 12.1 Å². The predicted molar refractivity (Wildman–Crippen MR) is 111 cm³/mol. The second-order valence-electron chi connectivity index (χ2n) is 8.76. The Bertz CT molecular complexity index is 997. The predicted octanol–water partition coefficient (Wildman–Crippen LogP) is 3.63. The lowest BCUT2D eigenvalue weighted by molar-refractivity contribution is -0.120. The van der Waals surface area contributed by atoms with Crippen LogP contribution in [0.25, 0.3) is 0 Å².